The zero-order valence-corrected chi connectivity index (χ0v) is 19.0. The first-order chi connectivity index (χ1) is 17.0. The minimum atomic E-state index is -0.539. The molecule has 0 spiro atoms. The molecule has 1 aromatic heterocycles. The zero-order chi connectivity index (χ0) is 24.1. The molecule has 1 N–H and O–H groups in total. The Balaban J connectivity index is 1.26. The van der Waals surface area contributed by atoms with E-state index in [9.17, 15) is 14.0 Å². The number of hydrogen-bond donors (Lipinski definition) is 1. The summed E-state index contributed by atoms with van der Waals surface area (Å²) in [7, 11) is 0. The van der Waals surface area contributed by atoms with Crippen LogP contribution in [0.15, 0.2) is 59.4 Å². The van der Waals surface area contributed by atoms with E-state index in [2.05, 4.69) is 10.2 Å². The number of H-pyrrole nitrogens is 1. The van der Waals surface area contributed by atoms with Crippen molar-refractivity contribution < 1.29 is 13.6 Å². The molecule has 6 nitrogen and oxygen atoms in total. The van der Waals surface area contributed by atoms with E-state index in [1.54, 1.807) is 24.3 Å². The van der Waals surface area contributed by atoms with Crippen molar-refractivity contribution in [3.8, 4) is 16.8 Å². The molecule has 35 heavy (non-hydrogen) atoms. The van der Waals surface area contributed by atoms with Crippen molar-refractivity contribution in [3.05, 3.63) is 82.5 Å². The maximum atomic E-state index is 15.3. The third-order valence-corrected chi connectivity index (χ3v) is 7.06. The van der Waals surface area contributed by atoms with Crippen molar-refractivity contribution in [1.82, 2.24) is 19.7 Å². The highest BCUT2D eigenvalue weighted by Gasteiger charge is 2.37. The number of nitrogens with one attached hydrogen (secondary N) is 1. The second-order valence-electron chi connectivity index (χ2n) is 9.57. The summed E-state index contributed by atoms with van der Waals surface area (Å²) in [6.45, 7) is 1.36. The normalized spacial score (nSPS) is 17.9. The van der Waals surface area contributed by atoms with Crippen molar-refractivity contribution in [3.63, 3.8) is 0 Å². The van der Waals surface area contributed by atoms with Gasteiger partial charge in [0.05, 0.1) is 5.69 Å². The lowest BCUT2D eigenvalue weighted by Gasteiger charge is -2.16. The lowest BCUT2D eigenvalue weighted by Crippen LogP contribution is -2.30. The lowest BCUT2D eigenvalue weighted by molar-refractivity contribution is -0.131. The molecular formula is C27H24F2N4O2. The average Bonchev–Trinajstić information content (AvgIpc) is 3.50. The van der Waals surface area contributed by atoms with Gasteiger partial charge in [0.2, 0.25) is 5.91 Å². The van der Waals surface area contributed by atoms with Gasteiger partial charge in [-0.1, -0.05) is 24.3 Å². The molecule has 2 aliphatic rings. The Morgan fingerprint density at radius 1 is 0.971 bits per heavy atom. The first kappa shape index (κ1) is 21.7. The molecular weight excluding hydrogens is 450 g/mol. The Morgan fingerprint density at radius 3 is 2.51 bits per heavy atom. The number of likely N-dealkylation sites (tertiary alicyclic amines) is 1. The second-order valence-corrected chi connectivity index (χ2v) is 9.57. The number of halogens is 2. The molecule has 1 aliphatic carbocycles. The van der Waals surface area contributed by atoms with Crippen LogP contribution >= 0.6 is 0 Å². The molecule has 6 rings (SSSR count). The summed E-state index contributed by atoms with van der Waals surface area (Å²) in [6.07, 6.45) is 3.28. The molecule has 1 saturated heterocycles. The summed E-state index contributed by atoms with van der Waals surface area (Å²) < 4.78 is 30.1. The second kappa shape index (κ2) is 8.45. The van der Waals surface area contributed by atoms with Gasteiger partial charge in [0, 0.05) is 25.4 Å². The van der Waals surface area contributed by atoms with Gasteiger partial charge in [-0.25, -0.2) is 23.2 Å². The highest BCUT2D eigenvalue weighted by Crippen LogP contribution is 2.33. The molecule has 1 unspecified atom stereocenters. The first-order valence-electron chi connectivity index (χ1n) is 11.9. The highest BCUT2D eigenvalue weighted by atomic mass is 19.1. The molecule has 8 heteroatoms. The Bertz CT molecular complexity index is 1500. The minimum absolute atomic E-state index is 0.134. The number of hydrogen-bond acceptors (Lipinski definition) is 3. The van der Waals surface area contributed by atoms with Gasteiger partial charge in [0.25, 0.3) is 0 Å². The fourth-order valence-corrected chi connectivity index (χ4v) is 5.03. The molecule has 0 bridgehead atoms. The maximum Gasteiger partial charge on any atom is 0.348 e. The molecule has 2 heterocycles. The van der Waals surface area contributed by atoms with Crippen molar-refractivity contribution in [1.29, 1.82) is 0 Å². The minimum Gasteiger partial charge on any atom is -0.342 e. The van der Waals surface area contributed by atoms with Gasteiger partial charge >= 0.3 is 5.69 Å². The van der Waals surface area contributed by atoms with Gasteiger partial charge in [-0.05, 0) is 77.4 Å². The van der Waals surface area contributed by atoms with Crippen LogP contribution in [0.4, 0.5) is 8.78 Å². The van der Waals surface area contributed by atoms with Gasteiger partial charge < -0.3 is 4.90 Å². The topological polar surface area (TPSA) is 71.0 Å². The Morgan fingerprint density at radius 2 is 1.71 bits per heavy atom. The van der Waals surface area contributed by atoms with E-state index in [1.807, 2.05) is 17.0 Å². The Kier molecular flexibility index (Phi) is 5.24. The third kappa shape index (κ3) is 4.13. The van der Waals surface area contributed by atoms with Crippen LogP contribution in [-0.2, 0) is 11.2 Å². The summed E-state index contributed by atoms with van der Waals surface area (Å²) in [4.78, 5) is 26.8. The molecule has 4 aromatic rings. The van der Waals surface area contributed by atoms with Gasteiger partial charge in [-0.2, -0.15) is 5.10 Å². The fraction of sp³-hybridized carbons (Fsp3) is 0.296. The number of carbonyl (C=O) groups is 1. The molecule has 2 fully saturated rings. The van der Waals surface area contributed by atoms with Crippen LogP contribution in [0.5, 0.6) is 0 Å². The van der Waals surface area contributed by atoms with Crippen molar-refractivity contribution >= 4 is 16.7 Å². The SMILES string of the molecule is O=C(C1CC1)N1CCC(Cc2n[nH]c(=O)n2-c2ccc(-c3ccc4cc(F)ccc4c3)cc2F)C1. The fourth-order valence-electron chi connectivity index (χ4n) is 5.03. The van der Waals surface area contributed by atoms with E-state index in [0.717, 1.165) is 42.1 Å². The van der Waals surface area contributed by atoms with Crippen molar-refractivity contribution in [2.75, 3.05) is 13.1 Å². The summed E-state index contributed by atoms with van der Waals surface area (Å²) in [5.74, 6) is 0.211. The van der Waals surface area contributed by atoms with Gasteiger partial charge in [0.15, 0.2) is 0 Å². The molecule has 1 aliphatic heterocycles. The van der Waals surface area contributed by atoms with E-state index in [1.165, 1.54) is 22.8 Å². The van der Waals surface area contributed by atoms with E-state index < -0.39 is 11.5 Å². The monoisotopic (exact) mass is 474 g/mol. The largest absolute Gasteiger partial charge is 0.348 e. The summed E-state index contributed by atoms with van der Waals surface area (Å²) in [6, 6.07) is 14.8. The van der Waals surface area contributed by atoms with E-state index in [0.29, 0.717) is 24.4 Å². The summed E-state index contributed by atoms with van der Waals surface area (Å²) >= 11 is 0. The van der Waals surface area contributed by atoms with Gasteiger partial charge in [-0.3, -0.25) is 4.79 Å². The lowest BCUT2D eigenvalue weighted by atomic mass is 10.0. The number of carbonyl (C=O) groups excluding carboxylic acids is 1. The number of aromatic nitrogens is 3. The molecule has 1 amide bonds. The third-order valence-electron chi connectivity index (χ3n) is 7.06. The summed E-state index contributed by atoms with van der Waals surface area (Å²) in [5, 5.41) is 8.23. The molecule has 3 aromatic carbocycles. The van der Waals surface area contributed by atoms with E-state index >= 15 is 4.39 Å². The predicted octanol–water partition coefficient (Wildman–Crippen LogP) is 4.46. The van der Waals surface area contributed by atoms with Crippen LogP contribution in [-0.4, -0.2) is 38.7 Å². The van der Waals surface area contributed by atoms with Crippen LogP contribution in [0.2, 0.25) is 0 Å². The number of rotatable bonds is 5. The van der Waals surface area contributed by atoms with Crippen LogP contribution in [0.3, 0.4) is 0 Å². The maximum absolute atomic E-state index is 15.3. The molecule has 178 valence electrons. The van der Waals surface area contributed by atoms with Crippen LogP contribution in [0, 0.1) is 23.5 Å². The number of benzene rings is 3. The number of amides is 1. The quantitative estimate of drug-likeness (QED) is 0.464. The standard InChI is InChI=1S/C27H24F2N4O2/c28-22-7-5-19-12-18(3-4-20(19)13-22)21-6-8-24(23(29)14-21)33-25(30-31-27(33)35)11-16-9-10-32(15-16)26(34)17-1-2-17/h3-8,12-14,16-17H,1-2,9-11,15H2,(H,31,35). The number of fused-ring (bicyclic) bond motifs is 1. The Hall–Kier alpha value is -3.81. The molecule has 0 radical (unpaired) electrons. The van der Waals surface area contributed by atoms with E-state index in [-0.39, 0.29) is 29.2 Å². The smallest absolute Gasteiger partial charge is 0.342 e. The number of aromatic amines is 1. The molecule has 1 atom stereocenters. The van der Waals surface area contributed by atoms with Gasteiger partial charge in [0.1, 0.15) is 17.5 Å². The van der Waals surface area contributed by atoms with Crippen molar-refractivity contribution in [2.45, 2.75) is 25.7 Å². The summed E-state index contributed by atoms with van der Waals surface area (Å²) in [5.41, 5.74) is 1.08. The average molecular weight is 475 g/mol. The first-order valence-corrected chi connectivity index (χ1v) is 11.9. The predicted molar refractivity (Wildman–Crippen MR) is 128 cm³/mol. The van der Waals surface area contributed by atoms with E-state index in [4.69, 9.17) is 0 Å². The zero-order valence-electron chi connectivity index (χ0n) is 19.0. The van der Waals surface area contributed by atoms with Gasteiger partial charge in [-0.15, -0.1) is 0 Å². The Labute approximate surface area is 200 Å². The number of nitrogens with zero attached hydrogens (tertiary/aromatic N) is 3. The highest BCUT2D eigenvalue weighted by molar-refractivity contribution is 5.87. The van der Waals surface area contributed by atoms with Crippen LogP contribution in [0.25, 0.3) is 27.6 Å². The van der Waals surface area contributed by atoms with Crippen LogP contribution in [0.1, 0.15) is 25.1 Å². The van der Waals surface area contributed by atoms with Crippen molar-refractivity contribution in [2.24, 2.45) is 11.8 Å². The van der Waals surface area contributed by atoms with Crippen LogP contribution < -0.4 is 5.69 Å². The molecule has 1 saturated carbocycles.